The van der Waals surface area contributed by atoms with E-state index in [9.17, 15) is 9.18 Å². The number of ketones is 1. The van der Waals surface area contributed by atoms with E-state index in [0.717, 1.165) is 11.5 Å². The first-order chi connectivity index (χ1) is 13.4. The van der Waals surface area contributed by atoms with Crippen molar-refractivity contribution in [1.29, 1.82) is 0 Å². The van der Waals surface area contributed by atoms with Gasteiger partial charge in [0, 0.05) is 11.3 Å². The van der Waals surface area contributed by atoms with Crippen molar-refractivity contribution in [1.82, 2.24) is 19.7 Å². The Kier molecular flexibility index (Phi) is 6.26. The Morgan fingerprint density at radius 1 is 1.04 bits per heavy atom. The first-order valence-electron chi connectivity index (χ1n) is 9.02. The molecular weight excluding hydrogens is 375 g/mol. The van der Waals surface area contributed by atoms with Gasteiger partial charge in [0.05, 0.1) is 11.3 Å². The van der Waals surface area contributed by atoms with Crippen LogP contribution < -0.4 is 0 Å². The maximum absolute atomic E-state index is 13.4. The third-order valence-corrected chi connectivity index (χ3v) is 5.64. The van der Waals surface area contributed by atoms with Crippen molar-refractivity contribution in [3.8, 4) is 5.69 Å². The smallest absolute Gasteiger partial charge is 0.196 e. The van der Waals surface area contributed by atoms with Crippen molar-refractivity contribution in [2.75, 3.05) is 14.1 Å². The molecule has 0 radical (unpaired) electrons. The van der Waals surface area contributed by atoms with Crippen LogP contribution in [0.3, 0.4) is 0 Å². The minimum Gasteiger partial charge on any atom is -0.300 e. The van der Waals surface area contributed by atoms with Gasteiger partial charge in [-0.25, -0.2) is 4.39 Å². The molecular formula is C21H23FN4OS. The lowest BCUT2D eigenvalue weighted by Gasteiger charge is -2.21. The average Bonchev–Trinajstić information content (AvgIpc) is 3.11. The number of hydrogen-bond acceptors (Lipinski definition) is 5. The Labute approximate surface area is 168 Å². The van der Waals surface area contributed by atoms with E-state index >= 15 is 0 Å². The lowest BCUT2D eigenvalue weighted by atomic mass is 10.1. The van der Waals surface area contributed by atoms with Crippen LogP contribution in [-0.2, 0) is 0 Å². The summed E-state index contributed by atoms with van der Waals surface area (Å²) in [6.07, 6.45) is 0. The number of Topliss-reactive ketones (excluding diaryl/α,β-unsaturated/α-hetero) is 1. The van der Waals surface area contributed by atoms with Crippen LogP contribution in [0.4, 0.5) is 4.39 Å². The first kappa shape index (κ1) is 20.2. The largest absolute Gasteiger partial charge is 0.300 e. The van der Waals surface area contributed by atoms with Crippen LogP contribution in [0.1, 0.15) is 36.1 Å². The van der Waals surface area contributed by atoms with Crippen molar-refractivity contribution in [3.63, 3.8) is 0 Å². The lowest BCUT2D eigenvalue weighted by molar-refractivity contribution is 0.0994. The predicted molar refractivity (Wildman–Crippen MR) is 110 cm³/mol. The number of aromatic nitrogens is 3. The molecule has 3 aromatic rings. The van der Waals surface area contributed by atoms with Gasteiger partial charge in [-0.05, 0) is 52.2 Å². The molecule has 0 unspecified atom stereocenters. The van der Waals surface area contributed by atoms with Crippen LogP contribution >= 0.6 is 11.8 Å². The molecule has 5 nitrogen and oxygen atoms in total. The minimum absolute atomic E-state index is 0.00738. The van der Waals surface area contributed by atoms with Gasteiger partial charge in [0.2, 0.25) is 0 Å². The fourth-order valence-corrected chi connectivity index (χ4v) is 3.69. The molecule has 1 heterocycles. The molecule has 0 saturated heterocycles. The number of benzene rings is 2. The van der Waals surface area contributed by atoms with Gasteiger partial charge in [-0.3, -0.25) is 14.3 Å². The molecule has 0 saturated carbocycles. The van der Waals surface area contributed by atoms with Gasteiger partial charge in [0.1, 0.15) is 5.82 Å². The van der Waals surface area contributed by atoms with E-state index in [1.807, 2.05) is 67.7 Å². The van der Waals surface area contributed by atoms with Crippen LogP contribution in [-0.4, -0.2) is 44.8 Å². The highest BCUT2D eigenvalue weighted by Crippen LogP contribution is 2.30. The number of rotatable bonds is 7. The molecule has 0 aliphatic carbocycles. The lowest BCUT2D eigenvalue weighted by Crippen LogP contribution is -2.21. The van der Waals surface area contributed by atoms with E-state index in [-0.39, 0.29) is 22.9 Å². The van der Waals surface area contributed by atoms with Gasteiger partial charge >= 0.3 is 0 Å². The second kappa shape index (κ2) is 8.67. The molecule has 0 N–H and O–H groups in total. The highest BCUT2D eigenvalue weighted by atomic mass is 32.2. The summed E-state index contributed by atoms with van der Waals surface area (Å²) in [6.45, 7) is 3.88. The number of hydrogen-bond donors (Lipinski definition) is 0. The van der Waals surface area contributed by atoms with Gasteiger partial charge in [-0.1, -0.05) is 42.1 Å². The minimum atomic E-state index is -0.340. The Hall–Kier alpha value is -2.51. The summed E-state index contributed by atoms with van der Waals surface area (Å²) in [5.41, 5.74) is 1.43. The molecule has 3 rings (SSSR count). The first-order valence-corrected chi connectivity index (χ1v) is 9.90. The highest BCUT2D eigenvalue weighted by Gasteiger charge is 2.24. The maximum atomic E-state index is 13.4. The van der Waals surface area contributed by atoms with Crippen molar-refractivity contribution >= 4 is 17.5 Å². The monoisotopic (exact) mass is 398 g/mol. The Morgan fingerprint density at radius 3 is 2.29 bits per heavy atom. The number of thioether (sulfide) groups is 1. The second-order valence-corrected chi connectivity index (χ2v) is 8.09. The molecule has 0 aliphatic heterocycles. The summed E-state index contributed by atoms with van der Waals surface area (Å²) in [6, 6.07) is 15.4. The zero-order valence-corrected chi connectivity index (χ0v) is 17.2. The van der Waals surface area contributed by atoms with E-state index < -0.39 is 0 Å². The second-order valence-electron chi connectivity index (χ2n) is 6.78. The van der Waals surface area contributed by atoms with Crippen LogP contribution in [0.5, 0.6) is 0 Å². The van der Waals surface area contributed by atoms with Crippen molar-refractivity contribution in [2.45, 2.75) is 30.3 Å². The predicted octanol–water partition coefficient (Wildman–Crippen LogP) is 4.39. The molecule has 0 spiro atoms. The topological polar surface area (TPSA) is 51.0 Å². The number of carbonyl (C=O) groups excluding carboxylic acids is 1. The van der Waals surface area contributed by atoms with E-state index in [0.29, 0.717) is 10.7 Å². The zero-order chi connectivity index (χ0) is 20.3. The summed E-state index contributed by atoms with van der Waals surface area (Å²) in [5.74, 6) is 0.459. The van der Waals surface area contributed by atoms with Crippen molar-refractivity contribution in [2.24, 2.45) is 0 Å². The fraction of sp³-hybridized carbons (Fsp3) is 0.286. The SMILES string of the molecule is C[C@@H](Sc1nnc([C@H](C)N(C)C)n1-c1ccc(F)cc1)C(=O)c1ccccc1. The van der Waals surface area contributed by atoms with Gasteiger partial charge in [-0.15, -0.1) is 10.2 Å². The molecule has 146 valence electrons. The number of nitrogens with zero attached hydrogens (tertiary/aromatic N) is 4. The average molecular weight is 399 g/mol. The highest BCUT2D eigenvalue weighted by molar-refractivity contribution is 8.00. The third kappa shape index (κ3) is 4.31. The summed E-state index contributed by atoms with van der Waals surface area (Å²) >= 11 is 1.35. The van der Waals surface area contributed by atoms with Crippen LogP contribution in [0.15, 0.2) is 59.8 Å². The van der Waals surface area contributed by atoms with E-state index in [4.69, 9.17) is 0 Å². The molecule has 0 aliphatic rings. The van der Waals surface area contributed by atoms with Crippen LogP contribution in [0.2, 0.25) is 0 Å². The molecule has 2 atom stereocenters. The molecule has 7 heteroatoms. The summed E-state index contributed by atoms with van der Waals surface area (Å²) in [7, 11) is 3.92. The summed E-state index contributed by atoms with van der Waals surface area (Å²) < 4.78 is 15.3. The quantitative estimate of drug-likeness (QED) is 0.436. The molecule has 28 heavy (non-hydrogen) atoms. The number of halogens is 1. The van der Waals surface area contributed by atoms with Gasteiger partial charge < -0.3 is 0 Å². The van der Waals surface area contributed by atoms with Gasteiger partial charge in [0.25, 0.3) is 0 Å². The molecule has 1 aromatic heterocycles. The maximum Gasteiger partial charge on any atom is 0.196 e. The summed E-state index contributed by atoms with van der Waals surface area (Å²) in [5, 5.41) is 8.97. The van der Waals surface area contributed by atoms with E-state index in [1.165, 1.54) is 23.9 Å². The van der Waals surface area contributed by atoms with Crippen molar-refractivity contribution < 1.29 is 9.18 Å². The van der Waals surface area contributed by atoms with Crippen LogP contribution in [0, 0.1) is 5.82 Å². The summed E-state index contributed by atoms with van der Waals surface area (Å²) in [4.78, 5) is 14.8. The third-order valence-electron chi connectivity index (χ3n) is 4.60. The Bertz CT molecular complexity index is 941. The standard InChI is InChI=1S/C21H23FN4OS/c1-14(25(3)4)20-23-24-21(26(20)18-12-10-17(22)11-13-18)28-15(2)19(27)16-8-6-5-7-9-16/h5-15H,1-4H3/t14-,15+/m0/s1. The number of carbonyl (C=O) groups is 1. The zero-order valence-electron chi connectivity index (χ0n) is 16.3. The van der Waals surface area contributed by atoms with Crippen LogP contribution in [0.25, 0.3) is 5.69 Å². The van der Waals surface area contributed by atoms with Crippen molar-refractivity contribution in [3.05, 3.63) is 71.8 Å². The fourth-order valence-electron chi connectivity index (χ4n) is 2.74. The Morgan fingerprint density at radius 2 is 1.68 bits per heavy atom. The molecule has 0 amide bonds. The molecule has 0 fully saturated rings. The molecule has 2 aromatic carbocycles. The van der Waals surface area contributed by atoms with E-state index in [2.05, 4.69) is 10.2 Å². The Balaban J connectivity index is 1.96. The molecule has 0 bridgehead atoms. The van der Waals surface area contributed by atoms with E-state index in [1.54, 1.807) is 12.1 Å². The normalized spacial score (nSPS) is 13.5. The van der Waals surface area contributed by atoms with Gasteiger partial charge in [0.15, 0.2) is 16.8 Å². The van der Waals surface area contributed by atoms with Gasteiger partial charge in [-0.2, -0.15) is 0 Å².